The van der Waals surface area contributed by atoms with E-state index in [4.69, 9.17) is 5.73 Å². The molecule has 0 atom stereocenters. The first-order chi connectivity index (χ1) is 5.69. The van der Waals surface area contributed by atoms with Crippen LogP contribution in [-0.2, 0) is 0 Å². The van der Waals surface area contributed by atoms with Crippen LogP contribution in [0.2, 0.25) is 0 Å². The standard InChI is InChI=1S/C10H10BrN/c1-3-7-5-8(12)6-10(11)9(7)4-2/h3-6H,1-2,12H2. The number of hydrogen-bond acceptors (Lipinski definition) is 1. The first-order valence-corrected chi connectivity index (χ1v) is 4.32. The van der Waals surface area contributed by atoms with Gasteiger partial charge in [0, 0.05) is 10.2 Å². The minimum Gasteiger partial charge on any atom is -0.399 e. The van der Waals surface area contributed by atoms with Crippen LogP contribution in [0.4, 0.5) is 5.69 Å². The van der Waals surface area contributed by atoms with Crippen molar-refractivity contribution in [3.05, 3.63) is 40.9 Å². The molecule has 1 aromatic rings. The summed E-state index contributed by atoms with van der Waals surface area (Å²) in [6, 6.07) is 3.72. The third kappa shape index (κ3) is 1.59. The van der Waals surface area contributed by atoms with E-state index in [0.717, 1.165) is 21.3 Å². The molecule has 0 heterocycles. The van der Waals surface area contributed by atoms with Crippen LogP contribution in [0.3, 0.4) is 0 Å². The Kier molecular flexibility index (Phi) is 2.71. The molecule has 12 heavy (non-hydrogen) atoms. The minimum absolute atomic E-state index is 0.724. The normalized spacial score (nSPS) is 9.42. The van der Waals surface area contributed by atoms with E-state index in [1.807, 2.05) is 12.1 Å². The first-order valence-electron chi connectivity index (χ1n) is 3.53. The van der Waals surface area contributed by atoms with Crippen molar-refractivity contribution >= 4 is 33.8 Å². The number of nitrogen functional groups attached to an aromatic ring is 1. The Morgan fingerprint density at radius 1 is 1.25 bits per heavy atom. The molecule has 0 aliphatic carbocycles. The van der Waals surface area contributed by atoms with Gasteiger partial charge >= 0.3 is 0 Å². The van der Waals surface area contributed by atoms with E-state index in [9.17, 15) is 0 Å². The zero-order valence-electron chi connectivity index (χ0n) is 6.68. The van der Waals surface area contributed by atoms with Crippen molar-refractivity contribution in [3.8, 4) is 0 Å². The van der Waals surface area contributed by atoms with Crippen LogP contribution in [0.25, 0.3) is 12.2 Å². The molecule has 0 aromatic heterocycles. The van der Waals surface area contributed by atoms with Crippen molar-refractivity contribution < 1.29 is 0 Å². The molecule has 2 heteroatoms. The monoisotopic (exact) mass is 223 g/mol. The van der Waals surface area contributed by atoms with Crippen LogP contribution in [0.1, 0.15) is 11.1 Å². The Morgan fingerprint density at radius 3 is 2.42 bits per heavy atom. The topological polar surface area (TPSA) is 26.0 Å². The highest BCUT2D eigenvalue weighted by Gasteiger charge is 2.01. The van der Waals surface area contributed by atoms with Crippen molar-refractivity contribution in [2.75, 3.05) is 5.73 Å². The zero-order valence-corrected chi connectivity index (χ0v) is 8.26. The summed E-state index contributed by atoms with van der Waals surface area (Å²) >= 11 is 3.40. The van der Waals surface area contributed by atoms with Crippen LogP contribution in [0.15, 0.2) is 29.8 Å². The van der Waals surface area contributed by atoms with Crippen LogP contribution < -0.4 is 5.73 Å². The summed E-state index contributed by atoms with van der Waals surface area (Å²) in [5.74, 6) is 0. The van der Waals surface area contributed by atoms with Crippen molar-refractivity contribution in [3.63, 3.8) is 0 Å². The summed E-state index contributed by atoms with van der Waals surface area (Å²) in [7, 11) is 0. The lowest BCUT2D eigenvalue weighted by atomic mass is 10.1. The van der Waals surface area contributed by atoms with Crippen molar-refractivity contribution in [1.29, 1.82) is 0 Å². The van der Waals surface area contributed by atoms with Gasteiger partial charge in [-0.3, -0.25) is 0 Å². The Bertz CT molecular complexity index is 329. The predicted octanol–water partition coefficient (Wildman–Crippen LogP) is 3.32. The largest absolute Gasteiger partial charge is 0.399 e. The van der Waals surface area contributed by atoms with Gasteiger partial charge in [-0.1, -0.05) is 41.2 Å². The molecule has 0 amide bonds. The Hall–Kier alpha value is -1.02. The summed E-state index contributed by atoms with van der Waals surface area (Å²) in [5.41, 5.74) is 8.40. The highest BCUT2D eigenvalue weighted by molar-refractivity contribution is 9.10. The SMILES string of the molecule is C=Cc1cc(N)cc(Br)c1C=C. The van der Waals surface area contributed by atoms with E-state index in [2.05, 4.69) is 29.1 Å². The smallest absolute Gasteiger partial charge is 0.0331 e. The highest BCUT2D eigenvalue weighted by atomic mass is 79.9. The van der Waals surface area contributed by atoms with Crippen molar-refractivity contribution in [2.24, 2.45) is 0 Å². The first kappa shape index (κ1) is 9.07. The number of benzene rings is 1. The average Bonchev–Trinajstić information content (AvgIpc) is 2.03. The second-order valence-electron chi connectivity index (χ2n) is 2.41. The van der Waals surface area contributed by atoms with Gasteiger partial charge in [0.05, 0.1) is 0 Å². The highest BCUT2D eigenvalue weighted by Crippen LogP contribution is 2.25. The maximum absolute atomic E-state index is 5.65. The van der Waals surface area contributed by atoms with Gasteiger partial charge in [-0.15, -0.1) is 0 Å². The summed E-state index contributed by atoms with van der Waals surface area (Å²) in [6.45, 7) is 7.41. The predicted molar refractivity (Wildman–Crippen MR) is 58.7 cm³/mol. The number of nitrogens with two attached hydrogens (primary N) is 1. The number of halogens is 1. The molecule has 0 aliphatic heterocycles. The molecular weight excluding hydrogens is 214 g/mol. The third-order valence-corrected chi connectivity index (χ3v) is 2.26. The van der Waals surface area contributed by atoms with Crippen molar-refractivity contribution in [2.45, 2.75) is 0 Å². The zero-order chi connectivity index (χ0) is 9.14. The molecule has 1 rings (SSSR count). The Morgan fingerprint density at radius 2 is 1.92 bits per heavy atom. The van der Waals surface area contributed by atoms with E-state index >= 15 is 0 Å². The molecule has 0 bridgehead atoms. The van der Waals surface area contributed by atoms with Gasteiger partial charge < -0.3 is 5.73 Å². The molecule has 2 N–H and O–H groups in total. The molecule has 0 saturated heterocycles. The molecule has 0 spiro atoms. The van der Waals surface area contributed by atoms with Gasteiger partial charge in [-0.25, -0.2) is 0 Å². The van der Waals surface area contributed by atoms with Gasteiger partial charge in [0.1, 0.15) is 0 Å². The number of hydrogen-bond donors (Lipinski definition) is 1. The van der Waals surface area contributed by atoms with Gasteiger partial charge in [0.15, 0.2) is 0 Å². The summed E-state index contributed by atoms with van der Waals surface area (Å²) in [6.07, 6.45) is 3.54. The molecule has 0 fully saturated rings. The lowest BCUT2D eigenvalue weighted by Gasteiger charge is -2.05. The second kappa shape index (κ2) is 3.59. The van der Waals surface area contributed by atoms with Gasteiger partial charge in [0.2, 0.25) is 0 Å². The molecule has 0 unspecified atom stereocenters. The van der Waals surface area contributed by atoms with Gasteiger partial charge in [-0.05, 0) is 23.3 Å². The van der Waals surface area contributed by atoms with E-state index in [1.54, 1.807) is 12.2 Å². The third-order valence-electron chi connectivity index (χ3n) is 1.61. The number of anilines is 1. The summed E-state index contributed by atoms with van der Waals surface area (Å²) in [4.78, 5) is 0. The average molecular weight is 224 g/mol. The maximum Gasteiger partial charge on any atom is 0.0331 e. The molecule has 1 aromatic carbocycles. The fourth-order valence-electron chi connectivity index (χ4n) is 1.05. The van der Waals surface area contributed by atoms with E-state index in [0.29, 0.717) is 0 Å². The lowest BCUT2D eigenvalue weighted by Crippen LogP contribution is -1.89. The van der Waals surface area contributed by atoms with Crippen LogP contribution in [-0.4, -0.2) is 0 Å². The summed E-state index contributed by atoms with van der Waals surface area (Å²) in [5, 5.41) is 0. The van der Waals surface area contributed by atoms with Crippen LogP contribution in [0, 0.1) is 0 Å². The molecule has 0 saturated carbocycles. The second-order valence-corrected chi connectivity index (χ2v) is 3.27. The Labute approximate surface area is 80.7 Å². The van der Waals surface area contributed by atoms with E-state index in [-0.39, 0.29) is 0 Å². The van der Waals surface area contributed by atoms with Gasteiger partial charge in [0.25, 0.3) is 0 Å². The van der Waals surface area contributed by atoms with Gasteiger partial charge in [-0.2, -0.15) is 0 Å². The fraction of sp³-hybridized carbons (Fsp3) is 0. The Balaban J connectivity index is 3.43. The number of rotatable bonds is 2. The lowest BCUT2D eigenvalue weighted by molar-refractivity contribution is 1.56. The summed E-state index contributed by atoms with van der Waals surface area (Å²) < 4.78 is 0.951. The van der Waals surface area contributed by atoms with E-state index < -0.39 is 0 Å². The quantitative estimate of drug-likeness (QED) is 0.766. The fourth-order valence-corrected chi connectivity index (χ4v) is 1.70. The molecule has 0 radical (unpaired) electrons. The molecule has 0 aliphatic rings. The minimum atomic E-state index is 0.724. The van der Waals surface area contributed by atoms with E-state index in [1.165, 1.54) is 0 Å². The molecule has 62 valence electrons. The van der Waals surface area contributed by atoms with Crippen molar-refractivity contribution in [1.82, 2.24) is 0 Å². The van der Waals surface area contributed by atoms with Crippen LogP contribution in [0.5, 0.6) is 0 Å². The van der Waals surface area contributed by atoms with Crippen LogP contribution >= 0.6 is 15.9 Å². The maximum atomic E-state index is 5.65. The molecular formula is C10H10BrN. The molecule has 1 nitrogen and oxygen atoms in total.